The molecule has 31 heavy (non-hydrogen) atoms. The molecular weight excluding hydrogens is 481 g/mol. The third-order valence-corrected chi connectivity index (χ3v) is 7.86. The molecule has 0 aliphatic carbocycles. The van der Waals surface area contributed by atoms with Crippen molar-refractivity contribution in [3.05, 3.63) is 52.5 Å². The Bertz CT molecular complexity index is 1180. The molecular formula is C19H19Cl2N5O3S2. The number of benzene rings is 2. The molecule has 0 radical (unpaired) electrons. The van der Waals surface area contributed by atoms with Crippen molar-refractivity contribution in [2.75, 3.05) is 37.6 Å². The lowest BCUT2D eigenvalue weighted by Crippen LogP contribution is -2.51. The number of hydrazine groups is 1. The van der Waals surface area contributed by atoms with E-state index in [2.05, 4.69) is 26.2 Å². The highest BCUT2D eigenvalue weighted by Gasteiger charge is 2.23. The number of para-hydroxylation sites is 1. The molecule has 1 amide bonds. The number of nitrogens with zero attached hydrogens (tertiary/aromatic N) is 3. The first kappa shape index (κ1) is 22.3. The third-order valence-electron chi connectivity index (χ3n) is 4.80. The molecule has 4 rings (SSSR count). The summed E-state index contributed by atoms with van der Waals surface area (Å²) in [7, 11) is -4.04. The molecule has 0 unspecified atom stereocenters. The number of piperazine rings is 1. The number of hydrogen-bond donors (Lipinski definition) is 2. The summed E-state index contributed by atoms with van der Waals surface area (Å²) in [5, 5.41) is 1.20. The van der Waals surface area contributed by atoms with Gasteiger partial charge in [0.15, 0.2) is 5.13 Å². The van der Waals surface area contributed by atoms with Gasteiger partial charge in [-0.15, -0.1) is 4.83 Å². The number of carbonyl (C=O) groups is 1. The van der Waals surface area contributed by atoms with E-state index < -0.39 is 15.9 Å². The Morgan fingerprint density at radius 2 is 1.84 bits per heavy atom. The molecule has 8 nitrogen and oxygen atoms in total. The first-order chi connectivity index (χ1) is 14.8. The monoisotopic (exact) mass is 499 g/mol. The number of fused-ring (bicyclic) bond motifs is 1. The van der Waals surface area contributed by atoms with Gasteiger partial charge >= 0.3 is 0 Å². The molecule has 0 saturated carbocycles. The van der Waals surface area contributed by atoms with Crippen LogP contribution in [0.1, 0.15) is 0 Å². The molecule has 0 bridgehead atoms. The fourth-order valence-corrected chi connectivity index (χ4v) is 5.84. The minimum Gasteiger partial charge on any atom is -0.345 e. The number of aromatic nitrogens is 1. The molecule has 1 fully saturated rings. The Kier molecular flexibility index (Phi) is 6.65. The smallest absolute Gasteiger partial charge is 0.258 e. The summed E-state index contributed by atoms with van der Waals surface area (Å²) >= 11 is 13.4. The summed E-state index contributed by atoms with van der Waals surface area (Å²) in [5.41, 5.74) is 3.21. The van der Waals surface area contributed by atoms with Crippen LogP contribution >= 0.6 is 34.5 Å². The van der Waals surface area contributed by atoms with Gasteiger partial charge in [0, 0.05) is 31.2 Å². The minimum atomic E-state index is -4.04. The number of amides is 1. The first-order valence-corrected chi connectivity index (χ1v) is 12.5. The normalized spacial score (nSPS) is 15.4. The van der Waals surface area contributed by atoms with Crippen LogP contribution in [0.15, 0.2) is 47.4 Å². The molecule has 0 spiro atoms. The van der Waals surface area contributed by atoms with Crippen LogP contribution in [0.5, 0.6) is 0 Å². The second-order valence-corrected chi connectivity index (χ2v) is 10.5. The maximum Gasteiger partial charge on any atom is 0.258 e. The highest BCUT2D eigenvalue weighted by Crippen LogP contribution is 2.29. The number of sulfonamides is 1. The molecule has 2 heterocycles. The van der Waals surface area contributed by atoms with Crippen LogP contribution in [0.25, 0.3) is 10.2 Å². The Morgan fingerprint density at radius 3 is 2.58 bits per heavy atom. The maximum absolute atomic E-state index is 12.4. The first-order valence-electron chi connectivity index (χ1n) is 9.40. The highest BCUT2D eigenvalue weighted by molar-refractivity contribution is 7.89. The van der Waals surface area contributed by atoms with Crippen molar-refractivity contribution >= 4 is 65.8 Å². The van der Waals surface area contributed by atoms with E-state index in [1.807, 2.05) is 23.1 Å². The lowest BCUT2D eigenvalue weighted by molar-refractivity contribution is -0.122. The summed E-state index contributed by atoms with van der Waals surface area (Å²) in [4.78, 5) is 22.9. The van der Waals surface area contributed by atoms with E-state index in [1.54, 1.807) is 11.3 Å². The maximum atomic E-state index is 12.4. The van der Waals surface area contributed by atoms with Crippen LogP contribution in [-0.2, 0) is 14.8 Å². The highest BCUT2D eigenvalue weighted by atomic mass is 35.5. The van der Waals surface area contributed by atoms with Crippen molar-refractivity contribution < 1.29 is 13.2 Å². The predicted molar refractivity (Wildman–Crippen MR) is 123 cm³/mol. The van der Waals surface area contributed by atoms with E-state index in [0.717, 1.165) is 28.4 Å². The standard InChI is InChI=1S/C19H19Cl2N5O3S2/c20-13-5-6-14(21)17(11-13)31(28,29)24-23-18(27)12-25-7-9-26(10-8-25)19-22-15-3-1-2-4-16(15)30-19/h1-6,11,24H,7-10,12H2,(H,23,27). The molecule has 0 atom stereocenters. The van der Waals surface area contributed by atoms with Crippen LogP contribution in [0.4, 0.5) is 5.13 Å². The van der Waals surface area contributed by atoms with Gasteiger partial charge in [0.25, 0.3) is 10.0 Å². The van der Waals surface area contributed by atoms with Gasteiger partial charge in [-0.3, -0.25) is 15.1 Å². The largest absolute Gasteiger partial charge is 0.345 e. The molecule has 12 heteroatoms. The minimum absolute atomic E-state index is 0.0112. The molecule has 1 aromatic heterocycles. The molecule has 1 saturated heterocycles. The number of carbonyl (C=O) groups excluding carboxylic acids is 1. The number of rotatable bonds is 6. The van der Waals surface area contributed by atoms with Crippen molar-refractivity contribution in [2.45, 2.75) is 4.90 Å². The fraction of sp³-hybridized carbons (Fsp3) is 0.263. The summed E-state index contributed by atoms with van der Waals surface area (Å²) in [6, 6.07) is 12.1. The second kappa shape index (κ2) is 9.27. The zero-order chi connectivity index (χ0) is 22.0. The molecule has 2 N–H and O–H groups in total. The Balaban J connectivity index is 1.28. The predicted octanol–water partition coefficient (Wildman–Crippen LogP) is 2.73. The Hall–Kier alpha value is -1.95. The van der Waals surface area contributed by atoms with E-state index in [0.29, 0.717) is 13.1 Å². The number of thiazole rings is 1. The summed E-state index contributed by atoms with van der Waals surface area (Å²) in [6.45, 7) is 2.86. The van der Waals surface area contributed by atoms with E-state index in [-0.39, 0.29) is 21.5 Å². The lowest BCUT2D eigenvalue weighted by atomic mass is 10.3. The van der Waals surface area contributed by atoms with Gasteiger partial charge in [-0.05, 0) is 30.3 Å². The van der Waals surface area contributed by atoms with Gasteiger partial charge in [0.2, 0.25) is 5.91 Å². The van der Waals surface area contributed by atoms with Crippen molar-refractivity contribution in [1.82, 2.24) is 20.1 Å². The van der Waals surface area contributed by atoms with Gasteiger partial charge in [0.1, 0.15) is 4.90 Å². The van der Waals surface area contributed by atoms with Crippen molar-refractivity contribution in [3.63, 3.8) is 0 Å². The fourth-order valence-electron chi connectivity index (χ4n) is 3.20. The molecule has 2 aromatic carbocycles. The topological polar surface area (TPSA) is 94.6 Å². The van der Waals surface area contributed by atoms with Gasteiger partial charge in [-0.1, -0.05) is 46.7 Å². The molecule has 1 aliphatic heterocycles. The summed E-state index contributed by atoms with van der Waals surface area (Å²) < 4.78 is 25.9. The van der Waals surface area contributed by atoms with Crippen molar-refractivity contribution in [2.24, 2.45) is 0 Å². The van der Waals surface area contributed by atoms with Gasteiger partial charge < -0.3 is 4.90 Å². The van der Waals surface area contributed by atoms with E-state index in [1.165, 1.54) is 18.2 Å². The third kappa shape index (κ3) is 5.28. The van der Waals surface area contributed by atoms with Crippen LogP contribution in [0.2, 0.25) is 10.0 Å². The summed E-state index contributed by atoms with van der Waals surface area (Å²) in [5.74, 6) is -0.463. The lowest BCUT2D eigenvalue weighted by Gasteiger charge is -2.34. The van der Waals surface area contributed by atoms with Crippen LogP contribution < -0.4 is 15.2 Å². The van der Waals surface area contributed by atoms with Crippen LogP contribution in [-0.4, -0.2) is 56.9 Å². The second-order valence-electron chi connectivity index (χ2n) is 6.96. The zero-order valence-electron chi connectivity index (χ0n) is 16.2. The molecule has 1 aliphatic rings. The molecule has 164 valence electrons. The summed E-state index contributed by atoms with van der Waals surface area (Å²) in [6.07, 6.45) is 0. The Labute approximate surface area is 193 Å². The average Bonchev–Trinajstić information content (AvgIpc) is 3.19. The Morgan fingerprint density at radius 1 is 1.10 bits per heavy atom. The van der Waals surface area contributed by atoms with E-state index in [4.69, 9.17) is 23.2 Å². The number of hydrogen-bond acceptors (Lipinski definition) is 7. The van der Waals surface area contributed by atoms with E-state index in [9.17, 15) is 13.2 Å². The number of nitrogens with one attached hydrogen (secondary N) is 2. The number of halogens is 2. The van der Waals surface area contributed by atoms with Crippen molar-refractivity contribution in [1.29, 1.82) is 0 Å². The van der Waals surface area contributed by atoms with Crippen LogP contribution in [0, 0.1) is 0 Å². The zero-order valence-corrected chi connectivity index (χ0v) is 19.4. The SMILES string of the molecule is O=C(CN1CCN(c2nc3ccccc3s2)CC1)NNS(=O)(=O)c1cc(Cl)ccc1Cl. The van der Waals surface area contributed by atoms with Crippen molar-refractivity contribution in [3.8, 4) is 0 Å². The average molecular weight is 500 g/mol. The van der Waals surface area contributed by atoms with Gasteiger partial charge in [-0.2, -0.15) is 0 Å². The van der Waals surface area contributed by atoms with Gasteiger partial charge in [0.05, 0.1) is 21.8 Å². The quantitative estimate of drug-likeness (QED) is 0.506. The van der Waals surface area contributed by atoms with E-state index >= 15 is 0 Å². The van der Waals surface area contributed by atoms with Crippen LogP contribution in [0.3, 0.4) is 0 Å². The van der Waals surface area contributed by atoms with Gasteiger partial charge in [-0.25, -0.2) is 13.4 Å². The number of anilines is 1. The molecule has 3 aromatic rings.